The Morgan fingerprint density at radius 2 is 1.94 bits per heavy atom. The van der Waals surface area contributed by atoms with E-state index in [0.717, 1.165) is 5.56 Å². The molecule has 1 saturated heterocycles. The molecule has 0 saturated carbocycles. The first-order valence-electron chi connectivity index (χ1n) is 10.2. The van der Waals surface area contributed by atoms with Crippen molar-refractivity contribution < 1.29 is 19.4 Å². The standard InChI is InChI=1S/C25H21ClN2O4/c1-2-32-20-10-4-8-18(13-20)23(29)21-22(17-7-3-9-19(26)12-17)28(25(31)24(21)30)15-16-6-5-11-27-14-16/h3-14,22,29H,2,15H2,1H3/b23-21+. The molecule has 162 valence electrons. The van der Waals surface area contributed by atoms with E-state index in [4.69, 9.17) is 16.3 Å². The van der Waals surface area contributed by atoms with Gasteiger partial charge in [0.2, 0.25) is 0 Å². The summed E-state index contributed by atoms with van der Waals surface area (Å²) in [7, 11) is 0. The van der Waals surface area contributed by atoms with Gasteiger partial charge in [-0.3, -0.25) is 14.6 Å². The van der Waals surface area contributed by atoms with Gasteiger partial charge in [-0.25, -0.2) is 0 Å². The molecule has 1 atom stereocenters. The van der Waals surface area contributed by atoms with E-state index in [1.807, 2.05) is 13.0 Å². The van der Waals surface area contributed by atoms with Crippen LogP contribution in [0.2, 0.25) is 5.02 Å². The van der Waals surface area contributed by atoms with Crippen molar-refractivity contribution in [3.63, 3.8) is 0 Å². The lowest BCUT2D eigenvalue weighted by atomic mass is 9.95. The predicted octanol–water partition coefficient (Wildman–Crippen LogP) is 4.76. The van der Waals surface area contributed by atoms with Gasteiger partial charge >= 0.3 is 0 Å². The summed E-state index contributed by atoms with van der Waals surface area (Å²) in [6.07, 6.45) is 3.28. The lowest BCUT2D eigenvalue weighted by Gasteiger charge is -2.25. The second kappa shape index (κ2) is 9.24. The molecular formula is C25H21ClN2O4. The van der Waals surface area contributed by atoms with E-state index in [1.165, 1.54) is 4.90 Å². The Morgan fingerprint density at radius 3 is 2.66 bits per heavy atom. The van der Waals surface area contributed by atoms with Gasteiger partial charge in [0, 0.05) is 29.5 Å². The van der Waals surface area contributed by atoms with Gasteiger partial charge in [0.15, 0.2) is 0 Å². The first-order valence-corrected chi connectivity index (χ1v) is 10.5. The van der Waals surface area contributed by atoms with Crippen LogP contribution in [0.1, 0.15) is 29.7 Å². The van der Waals surface area contributed by atoms with Crippen molar-refractivity contribution >= 4 is 29.1 Å². The number of halogens is 1. The van der Waals surface area contributed by atoms with Crippen molar-refractivity contribution in [3.05, 3.63) is 100 Å². The number of nitrogens with zero attached hydrogens (tertiary/aromatic N) is 2. The number of pyridine rings is 1. The molecule has 1 aliphatic rings. The molecule has 3 aromatic rings. The maximum Gasteiger partial charge on any atom is 0.295 e. The zero-order valence-electron chi connectivity index (χ0n) is 17.4. The summed E-state index contributed by atoms with van der Waals surface area (Å²) in [6, 6.07) is 16.5. The molecule has 2 heterocycles. The Kier molecular flexibility index (Phi) is 6.23. The van der Waals surface area contributed by atoms with Gasteiger partial charge in [-0.1, -0.05) is 41.9 Å². The molecule has 0 spiro atoms. The molecule has 1 aromatic heterocycles. The minimum Gasteiger partial charge on any atom is -0.507 e. The van der Waals surface area contributed by atoms with Gasteiger partial charge in [0.05, 0.1) is 18.2 Å². The Balaban J connectivity index is 1.85. The number of hydrogen-bond donors (Lipinski definition) is 1. The van der Waals surface area contributed by atoms with E-state index in [0.29, 0.717) is 28.5 Å². The molecule has 1 N–H and O–H groups in total. The quantitative estimate of drug-likeness (QED) is 0.334. The summed E-state index contributed by atoms with van der Waals surface area (Å²) in [5, 5.41) is 11.6. The summed E-state index contributed by atoms with van der Waals surface area (Å²) < 4.78 is 5.51. The Labute approximate surface area is 190 Å². The fraction of sp³-hybridized carbons (Fsp3) is 0.160. The zero-order chi connectivity index (χ0) is 22.7. The Hall–Kier alpha value is -3.64. The van der Waals surface area contributed by atoms with Crippen molar-refractivity contribution in [1.82, 2.24) is 9.88 Å². The molecule has 1 aliphatic heterocycles. The number of rotatable bonds is 6. The molecule has 6 nitrogen and oxygen atoms in total. The van der Waals surface area contributed by atoms with Crippen LogP contribution in [-0.2, 0) is 16.1 Å². The van der Waals surface area contributed by atoms with Crippen LogP contribution in [0.15, 0.2) is 78.6 Å². The lowest BCUT2D eigenvalue weighted by Crippen LogP contribution is -2.29. The lowest BCUT2D eigenvalue weighted by molar-refractivity contribution is -0.140. The van der Waals surface area contributed by atoms with E-state index in [2.05, 4.69) is 4.98 Å². The van der Waals surface area contributed by atoms with Crippen molar-refractivity contribution in [3.8, 4) is 5.75 Å². The topological polar surface area (TPSA) is 79.7 Å². The molecule has 32 heavy (non-hydrogen) atoms. The van der Waals surface area contributed by atoms with Gasteiger partial charge in [-0.05, 0) is 48.4 Å². The van der Waals surface area contributed by atoms with Gasteiger partial charge < -0.3 is 14.7 Å². The second-order valence-corrected chi connectivity index (χ2v) is 7.74. The van der Waals surface area contributed by atoms with Crippen LogP contribution in [-0.4, -0.2) is 33.3 Å². The van der Waals surface area contributed by atoms with Crippen LogP contribution in [0.25, 0.3) is 5.76 Å². The molecule has 0 bridgehead atoms. The second-order valence-electron chi connectivity index (χ2n) is 7.30. The minimum absolute atomic E-state index is 0.00908. The third-order valence-electron chi connectivity index (χ3n) is 5.20. The third-order valence-corrected chi connectivity index (χ3v) is 5.43. The highest BCUT2D eigenvalue weighted by molar-refractivity contribution is 6.46. The minimum atomic E-state index is -0.801. The van der Waals surface area contributed by atoms with E-state index < -0.39 is 17.7 Å². The number of ketones is 1. The van der Waals surface area contributed by atoms with Crippen molar-refractivity contribution in [2.75, 3.05) is 6.61 Å². The highest BCUT2D eigenvalue weighted by atomic mass is 35.5. The Morgan fingerprint density at radius 1 is 1.12 bits per heavy atom. The van der Waals surface area contributed by atoms with Crippen LogP contribution in [0, 0.1) is 0 Å². The van der Waals surface area contributed by atoms with Crippen molar-refractivity contribution in [1.29, 1.82) is 0 Å². The summed E-state index contributed by atoms with van der Waals surface area (Å²) in [6.45, 7) is 2.48. The first-order chi connectivity index (χ1) is 15.5. The number of hydrogen-bond acceptors (Lipinski definition) is 5. The summed E-state index contributed by atoms with van der Waals surface area (Å²) >= 11 is 6.21. The van der Waals surface area contributed by atoms with Crippen LogP contribution in [0.5, 0.6) is 5.75 Å². The maximum atomic E-state index is 13.1. The molecule has 0 radical (unpaired) electrons. The number of aromatic nitrogens is 1. The van der Waals surface area contributed by atoms with Crippen LogP contribution in [0.3, 0.4) is 0 Å². The fourth-order valence-electron chi connectivity index (χ4n) is 3.81. The molecule has 2 aromatic carbocycles. The number of carbonyl (C=O) groups excluding carboxylic acids is 2. The van der Waals surface area contributed by atoms with Crippen LogP contribution < -0.4 is 4.74 Å². The molecule has 1 unspecified atom stereocenters. The van der Waals surface area contributed by atoms with Gasteiger partial charge in [0.1, 0.15) is 11.5 Å². The number of benzene rings is 2. The molecule has 1 fully saturated rings. The van der Waals surface area contributed by atoms with E-state index in [1.54, 1.807) is 67.0 Å². The molecule has 7 heteroatoms. The smallest absolute Gasteiger partial charge is 0.295 e. The van der Waals surface area contributed by atoms with E-state index in [-0.39, 0.29) is 17.9 Å². The molecule has 0 aliphatic carbocycles. The van der Waals surface area contributed by atoms with Crippen molar-refractivity contribution in [2.45, 2.75) is 19.5 Å². The number of likely N-dealkylation sites (tertiary alicyclic amines) is 1. The SMILES string of the molecule is CCOc1cccc(/C(O)=C2\C(=O)C(=O)N(Cc3cccnc3)C2c2cccc(Cl)c2)c1. The number of aliphatic hydroxyl groups is 1. The predicted molar refractivity (Wildman–Crippen MR) is 121 cm³/mol. The third kappa shape index (κ3) is 4.22. The number of carbonyl (C=O) groups is 2. The monoisotopic (exact) mass is 448 g/mol. The van der Waals surface area contributed by atoms with E-state index >= 15 is 0 Å². The van der Waals surface area contributed by atoms with Crippen LogP contribution >= 0.6 is 11.6 Å². The molecular weight excluding hydrogens is 428 g/mol. The van der Waals surface area contributed by atoms with Gasteiger partial charge in [-0.15, -0.1) is 0 Å². The van der Waals surface area contributed by atoms with Gasteiger partial charge in [0.25, 0.3) is 11.7 Å². The summed E-state index contributed by atoms with van der Waals surface area (Å²) in [4.78, 5) is 31.7. The zero-order valence-corrected chi connectivity index (χ0v) is 18.1. The van der Waals surface area contributed by atoms with Crippen LogP contribution in [0.4, 0.5) is 0 Å². The first kappa shape index (κ1) is 21.6. The molecule has 1 amide bonds. The average molecular weight is 449 g/mol. The van der Waals surface area contributed by atoms with Crippen molar-refractivity contribution in [2.24, 2.45) is 0 Å². The largest absolute Gasteiger partial charge is 0.507 e. The normalized spacial score (nSPS) is 17.6. The van der Waals surface area contributed by atoms with Gasteiger partial charge in [-0.2, -0.15) is 0 Å². The highest BCUT2D eigenvalue weighted by Gasteiger charge is 2.46. The fourth-order valence-corrected chi connectivity index (χ4v) is 4.01. The highest BCUT2D eigenvalue weighted by Crippen LogP contribution is 2.41. The maximum absolute atomic E-state index is 13.1. The Bertz CT molecular complexity index is 1190. The summed E-state index contributed by atoms with van der Waals surface area (Å²) in [5.41, 5.74) is 1.79. The number of Topliss-reactive ketones (excluding diaryl/α,β-unsaturated/α-hetero) is 1. The number of aliphatic hydroxyl groups excluding tert-OH is 1. The summed E-state index contributed by atoms with van der Waals surface area (Å²) in [5.74, 6) is -1.15. The molecule has 4 rings (SSSR count). The number of amides is 1. The number of ether oxygens (including phenoxy) is 1. The van der Waals surface area contributed by atoms with E-state index in [9.17, 15) is 14.7 Å². The average Bonchev–Trinajstić information content (AvgIpc) is 3.05.